The summed E-state index contributed by atoms with van der Waals surface area (Å²) in [6.07, 6.45) is 1.85. The molecule has 1 amide bonds. The molecular weight excluding hydrogens is 214 g/mol. The number of nitrogens with one attached hydrogen (secondary N) is 1. The lowest BCUT2D eigenvalue weighted by Crippen LogP contribution is -2.20. The molecule has 1 rings (SSSR count). The first-order valence-corrected chi connectivity index (χ1v) is 5.31. The number of amides is 1. The molecule has 1 N–H and O–H groups in total. The molecule has 1 heterocycles. The van der Waals surface area contributed by atoms with E-state index in [0.717, 1.165) is 12.8 Å². The average Bonchev–Trinajstić information content (AvgIpc) is 2.22. The highest BCUT2D eigenvalue weighted by Gasteiger charge is 2.12. The van der Waals surface area contributed by atoms with Gasteiger partial charge >= 0.3 is 0 Å². The van der Waals surface area contributed by atoms with Crippen LogP contribution in [0.5, 0.6) is 0 Å². The molecule has 0 saturated heterocycles. The number of halogens is 1. The highest BCUT2D eigenvalue weighted by molar-refractivity contribution is 6.29. The molecule has 0 aliphatic carbocycles. The number of hydrogen-bond donors (Lipinski definition) is 1. The van der Waals surface area contributed by atoms with Crippen LogP contribution in [-0.2, 0) is 4.79 Å². The molecule has 0 radical (unpaired) electrons. The van der Waals surface area contributed by atoms with Gasteiger partial charge in [0.2, 0.25) is 5.91 Å². The lowest BCUT2D eigenvalue weighted by atomic mass is 10.1. The van der Waals surface area contributed by atoms with Gasteiger partial charge < -0.3 is 5.32 Å². The summed E-state index contributed by atoms with van der Waals surface area (Å²) in [5.41, 5.74) is 0. The van der Waals surface area contributed by atoms with Gasteiger partial charge in [-0.05, 0) is 18.6 Å². The molecular formula is C10H14ClN3O. The lowest BCUT2D eigenvalue weighted by Gasteiger charge is -2.09. The van der Waals surface area contributed by atoms with E-state index in [1.165, 1.54) is 0 Å². The zero-order valence-corrected chi connectivity index (χ0v) is 9.58. The van der Waals surface area contributed by atoms with Gasteiger partial charge in [-0.15, -0.1) is 10.2 Å². The first-order valence-electron chi connectivity index (χ1n) is 4.93. The number of carbonyl (C=O) groups is 1. The van der Waals surface area contributed by atoms with Crippen LogP contribution < -0.4 is 5.32 Å². The highest BCUT2D eigenvalue weighted by Crippen LogP contribution is 2.10. The molecule has 4 nitrogen and oxygen atoms in total. The van der Waals surface area contributed by atoms with Crippen molar-refractivity contribution in [3.63, 3.8) is 0 Å². The van der Waals surface area contributed by atoms with E-state index in [-0.39, 0.29) is 11.8 Å². The summed E-state index contributed by atoms with van der Waals surface area (Å²) < 4.78 is 0. The third-order valence-electron chi connectivity index (χ3n) is 2.05. The Morgan fingerprint density at radius 3 is 2.80 bits per heavy atom. The Morgan fingerprint density at radius 2 is 2.27 bits per heavy atom. The third-order valence-corrected chi connectivity index (χ3v) is 2.25. The van der Waals surface area contributed by atoms with E-state index in [4.69, 9.17) is 11.6 Å². The molecule has 1 unspecified atom stereocenters. The standard InChI is InChI=1S/C10H14ClN3O/c1-3-4-7(2)10(15)12-9-6-5-8(11)13-14-9/h5-7H,3-4H2,1-2H3,(H,12,14,15). The highest BCUT2D eigenvalue weighted by atomic mass is 35.5. The van der Waals surface area contributed by atoms with Gasteiger partial charge in [0.1, 0.15) is 0 Å². The largest absolute Gasteiger partial charge is 0.309 e. The summed E-state index contributed by atoms with van der Waals surface area (Å²) >= 11 is 5.57. The van der Waals surface area contributed by atoms with Crippen LogP contribution in [0.15, 0.2) is 12.1 Å². The normalized spacial score (nSPS) is 12.2. The second-order valence-electron chi connectivity index (χ2n) is 3.42. The summed E-state index contributed by atoms with van der Waals surface area (Å²) in [6, 6.07) is 3.22. The molecule has 0 bridgehead atoms. The van der Waals surface area contributed by atoms with E-state index in [0.29, 0.717) is 11.0 Å². The first-order chi connectivity index (χ1) is 7.13. The molecule has 5 heteroatoms. The number of anilines is 1. The second kappa shape index (κ2) is 5.66. The van der Waals surface area contributed by atoms with E-state index in [1.54, 1.807) is 12.1 Å². The van der Waals surface area contributed by atoms with Crippen LogP contribution in [0, 0.1) is 5.92 Å². The van der Waals surface area contributed by atoms with Gasteiger partial charge in [-0.25, -0.2) is 0 Å². The number of rotatable bonds is 4. The van der Waals surface area contributed by atoms with Crippen molar-refractivity contribution in [1.82, 2.24) is 10.2 Å². The minimum absolute atomic E-state index is 0.00696. The number of carbonyl (C=O) groups excluding carboxylic acids is 1. The van der Waals surface area contributed by atoms with Gasteiger partial charge in [0.15, 0.2) is 11.0 Å². The third kappa shape index (κ3) is 3.83. The Balaban J connectivity index is 2.54. The average molecular weight is 228 g/mol. The van der Waals surface area contributed by atoms with Crippen molar-refractivity contribution in [3.8, 4) is 0 Å². The topological polar surface area (TPSA) is 54.9 Å². The summed E-state index contributed by atoms with van der Waals surface area (Å²) in [5, 5.41) is 10.4. The molecule has 0 spiro atoms. The Morgan fingerprint density at radius 1 is 1.53 bits per heavy atom. The Hall–Kier alpha value is -1.16. The molecule has 1 atom stereocenters. The summed E-state index contributed by atoms with van der Waals surface area (Å²) in [4.78, 5) is 11.6. The predicted octanol–water partition coefficient (Wildman–Crippen LogP) is 2.50. The van der Waals surface area contributed by atoms with Crippen LogP contribution in [0.2, 0.25) is 5.15 Å². The minimum atomic E-state index is -0.0338. The fourth-order valence-corrected chi connectivity index (χ4v) is 1.30. The van der Waals surface area contributed by atoms with Gasteiger partial charge in [-0.1, -0.05) is 31.9 Å². The molecule has 1 aromatic rings. The molecule has 0 saturated carbocycles. The lowest BCUT2D eigenvalue weighted by molar-refractivity contribution is -0.119. The number of aromatic nitrogens is 2. The zero-order chi connectivity index (χ0) is 11.3. The van der Waals surface area contributed by atoms with Crippen LogP contribution in [0.25, 0.3) is 0 Å². The molecule has 0 aliphatic heterocycles. The van der Waals surface area contributed by atoms with E-state index in [9.17, 15) is 4.79 Å². The smallest absolute Gasteiger partial charge is 0.228 e. The van der Waals surface area contributed by atoms with Gasteiger partial charge in [0, 0.05) is 5.92 Å². The van der Waals surface area contributed by atoms with Crippen molar-refractivity contribution in [3.05, 3.63) is 17.3 Å². The summed E-state index contributed by atoms with van der Waals surface area (Å²) in [6.45, 7) is 3.94. The van der Waals surface area contributed by atoms with Crippen molar-refractivity contribution >= 4 is 23.3 Å². The maximum atomic E-state index is 11.6. The van der Waals surface area contributed by atoms with Crippen molar-refractivity contribution in [2.75, 3.05) is 5.32 Å². The first kappa shape index (κ1) is 11.9. The molecule has 0 aliphatic rings. The van der Waals surface area contributed by atoms with E-state index >= 15 is 0 Å². The van der Waals surface area contributed by atoms with Crippen molar-refractivity contribution in [2.24, 2.45) is 5.92 Å². The van der Waals surface area contributed by atoms with Gasteiger partial charge in [0.05, 0.1) is 0 Å². The second-order valence-corrected chi connectivity index (χ2v) is 3.81. The van der Waals surface area contributed by atoms with E-state index in [1.807, 2.05) is 13.8 Å². The Kier molecular flexibility index (Phi) is 4.49. The van der Waals surface area contributed by atoms with Crippen LogP contribution in [0.4, 0.5) is 5.82 Å². The van der Waals surface area contributed by atoms with Crippen LogP contribution in [0.3, 0.4) is 0 Å². The maximum absolute atomic E-state index is 11.6. The van der Waals surface area contributed by atoms with Crippen LogP contribution in [-0.4, -0.2) is 16.1 Å². The van der Waals surface area contributed by atoms with E-state index < -0.39 is 0 Å². The van der Waals surface area contributed by atoms with Crippen molar-refractivity contribution in [1.29, 1.82) is 0 Å². The zero-order valence-electron chi connectivity index (χ0n) is 8.83. The minimum Gasteiger partial charge on any atom is -0.309 e. The summed E-state index contributed by atoms with van der Waals surface area (Å²) in [7, 11) is 0. The quantitative estimate of drug-likeness (QED) is 0.860. The summed E-state index contributed by atoms with van der Waals surface area (Å²) in [5.74, 6) is 0.397. The molecule has 1 aromatic heterocycles. The number of hydrogen-bond acceptors (Lipinski definition) is 3. The fraction of sp³-hybridized carbons (Fsp3) is 0.500. The van der Waals surface area contributed by atoms with Crippen LogP contribution >= 0.6 is 11.6 Å². The van der Waals surface area contributed by atoms with Gasteiger partial charge in [-0.2, -0.15) is 0 Å². The molecule has 15 heavy (non-hydrogen) atoms. The van der Waals surface area contributed by atoms with Crippen molar-refractivity contribution < 1.29 is 4.79 Å². The molecule has 82 valence electrons. The van der Waals surface area contributed by atoms with Gasteiger partial charge in [-0.3, -0.25) is 4.79 Å². The monoisotopic (exact) mass is 227 g/mol. The predicted molar refractivity (Wildman–Crippen MR) is 59.7 cm³/mol. The molecule has 0 fully saturated rings. The van der Waals surface area contributed by atoms with Gasteiger partial charge in [0.25, 0.3) is 0 Å². The maximum Gasteiger partial charge on any atom is 0.228 e. The Labute approximate surface area is 94.0 Å². The van der Waals surface area contributed by atoms with Crippen molar-refractivity contribution in [2.45, 2.75) is 26.7 Å². The fourth-order valence-electron chi connectivity index (χ4n) is 1.20. The number of nitrogens with zero attached hydrogens (tertiary/aromatic N) is 2. The Bertz CT molecular complexity index is 326. The van der Waals surface area contributed by atoms with E-state index in [2.05, 4.69) is 15.5 Å². The van der Waals surface area contributed by atoms with Crippen LogP contribution in [0.1, 0.15) is 26.7 Å². The molecule has 0 aromatic carbocycles. The SMILES string of the molecule is CCCC(C)C(=O)Nc1ccc(Cl)nn1.